The van der Waals surface area contributed by atoms with Gasteiger partial charge in [0.15, 0.2) is 5.82 Å². The van der Waals surface area contributed by atoms with Gasteiger partial charge in [0.05, 0.1) is 11.1 Å². The summed E-state index contributed by atoms with van der Waals surface area (Å²) in [6.45, 7) is 2.10. The molecule has 1 heterocycles. The van der Waals surface area contributed by atoms with Crippen LogP contribution in [0.25, 0.3) is 0 Å². The molecule has 0 atom stereocenters. The van der Waals surface area contributed by atoms with Gasteiger partial charge in [-0.3, -0.25) is 15.2 Å². The summed E-state index contributed by atoms with van der Waals surface area (Å²) in [4.78, 5) is 10.3. The highest BCUT2D eigenvalue weighted by Gasteiger charge is 2.06. The van der Waals surface area contributed by atoms with Crippen molar-refractivity contribution in [3.05, 3.63) is 50.5 Å². The van der Waals surface area contributed by atoms with Crippen LogP contribution in [0, 0.1) is 14.9 Å². The molecule has 110 valence electrons. The number of hydrogen-bond acceptors (Lipinski definition) is 5. The van der Waals surface area contributed by atoms with Gasteiger partial charge in [-0.2, -0.15) is 14.9 Å². The van der Waals surface area contributed by atoms with E-state index in [0.29, 0.717) is 10.3 Å². The number of nitrogens with one attached hydrogen (secondary N) is 1. The van der Waals surface area contributed by atoms with Crippen LogP contribution in [-0.2, 0) is 6.42 Å². The molecule has 0 saturated heterocycles. The van der Waals surface area contributed by atoms with E-state index < -0.39 is 4.92 Å². The lowest BCUT2D eigenvalue weighted by Crippen LogP contribution is -1.99. The molecular formula is C13H15N5O2S. The van der Waals surface area contributed by atoms with Crippen molar-refractivity contribution in [3.8, 4) is 0 Å². The number of nitrogens with zero attached hydrogens (tertiary/aromatic N) is 4. The second kappa shape index (κ2) is 6.89. The average Bonchev–Trinajstić information content (AvgIpc) is 2.83. The number of non-ortho nitro benzene ring substituents is 1. The third-order valence-corrected chi connectivity index (χ3v) is 3.14. The Hall–Kier alpha value is -2.35. The fraction of sp³-hybridized carbons (Fsp3) is 0.308. The fourth-order valence-corrected chi connectivity index (χ4v) is 1.98. The highest BCUT2D eigenvalue weighted by atomic mass is 32.1. The summed E-state index contributed by atoms with van der Waals surface area (Å²) in [5.74, 6) is 0.753. The topological polar surface area (TPSA) is 89.1 Å². The first-order valence-corrected chi connectivity index (χ1v) is 6.97. The standard InChI is InChI=1S/C13H15N5O2S/c1-2-3-7-12-15-16-13(21)17(12)14-9-10-5-4-6-11(8-10)18(19)20/h4-6,8-9H,2-3,7H2,1H3,(H,16,21)/b14-9+. The number of nitro benzene ring substituents is 1. The lowest BCUT2D eigenvalue weighted by Gasteiger charge is -1.99. The van der Waals surface area contributed by atoms with E-state index >= 15 is 0 Å². The van der Waals surface area contributed by atoms with Crippen LogP contribution in [0.4, 0.5) is 5.69 Å². The van der Waals surface area contributed by atoms with Crippen LogP contribution >= 0.6 is 12.2 Å². The summed E-state index contributed by atoms with van der Waals surface area (Å²) in [5.41, 5.74) is 0.662. The van der Waals surface area contributed by atoms with Gasteiger partial charge in [-0.25, -0.2) is 0 Å². The van der Waals surface area contributed by atoms with Crippen molar-refractivity contribution in [2.24, 2.45) is 5.10 Å². The molecule has 1 N–H and O–H groups in total. The highest BCUT2D eigenvalue weighted by Crippen LogP contribution is 2.12. The maximum absolute atomic E-state index is 10.7. The SMILES string of the molecule is CCCCc1n[nH]c(=S)n1/N=C/c1cccc([N+](=O)[O-])c1. The Labute approximate surface area is 126 Å². The molecule has 8 heteroatoms. The van der Waals surface area contributed by atoms with Crippen LogP contribution in [0.15, 0.2) is 29.4 Å². The summed E-state index contributed by atoms with van der Waals surface area (Å²) in [6.07, 6.45) is 4.35. The lowest BCUT2D eigenvalue weighted by atomic mass is 10.2. The highest BCUT2D eigenvalue weighted by molar-refractivity contribution is 7.71. The number of H-pyrrole nitrogens is 1. The predicted molar refractivity (Wildman–Crippen MR) is 82.1 cm³/mol. The molecule has 7 nitrogen and oxygen atoms in total. The maximum atomic E-state index is 10.7. The van der Waals surface area contributed by atoms with E-state index in [4.69, 9.17) is 12.2 Å². The van der Waals surface area contributed by atoms with E-state index in [1.54, 1.807) is 16.8 Å². The molecule has 0 unspecified atom stereocenters. The number of rotatable bonds is 6. The van der Waals surface area contributed by atoms with E-state index in [9.17, 15) is 10.1 Å². The van der Waals surface area contributed by atoms with E-state index in [0.717, 1.165) is 25.1 Å². The van der Waals surface area contributed by atoms with Crippen molar-refractivity contribution < 1.29 is 4.92 Å². The second-order valence-electron chi connectivity index (χ2n) is 4.46. The monoisotopic (exact) mass is 305 g/mol. The largest absolute Gasteiger partial charge is 0.270 e. The Morgan fingerprint density at radius 1 is 1.57 bits per heavy atom. The van der Waals surface area contributed by atoms with Crippen molar-refractivity contribution in [2.75, 3.05) is 0 Å². The number of unbranched alkanes of at least 4 members (excludes halogenated alkanes) is 1. The summed E-state index contributed by atoms with van der Waals surface area (Å²) >= 11 is 5.13. The zero-order valence-electron chi connectivity index (χ0n) is 11.5. The number of aromatic nitrogens is 3. The van der Waals surface area contributed by atoms with Crippen LogP contribution in [0.1, 0.15) is 31.2 Å². The van der Waals surface area contributed by atoms with Gasteiger partial charge in [0.25, 0.3) is 5.69 Å². The molecule has 0 aliphatic rings. The van der Waals surface area contributed by atoms with E-state index in [1.165, 1.54) is 18.3 Å². The first-order chi connectivity index (χ1) is 10.1. The summed E-state index contributed by atoms with van der Waals surface area (Å²) in [5, 5.41) is 21.8. The van der Waals surface area contributed by atoms with Crippen LogP contribution in [0.3, 0.4) is 0 Å². The Balaban J connectivity index is 2.25. The van der Waals surface area contributed by atoms with Gasteiger partial charge < -0.3 is 0 Å². The number of aromatic amines is 1. The minimum Gasteiger partial charge on any atom is -0.258 e. The molecule has 0 amide bonds. The normalized spacial score (nSPS) is 11.1. The first kappa shape index (κ1) is 15.0. The molecule has 2 aromatic rings. The van der Waals surface area contributed by atoms with Crippen LogP contribution in [0.2, 0.25) is 0 Å². The van der Waals surface area contributed by atoms with Crippen molar-refractivity contribution in [1.82, 2.24) is 14.9 Å². The smallest absolute Gasteiger partial charge is 0.258 e. The average molecular weight is 305 g/mol. The molecule has 0 aliphatic heterocycles. The third kappa shape index (κ3) is 3.82. The fourth-order valence-electron chi connectivity index (χ4n) is 1.78. The summed E-state index contributed by atoms with van der Waals surface area (Å²) in [6, 6.07) is 6.25. The molecule has 0 bridgehead atoms. The number of aryl methyl sites for hydroxylation is 1. The summed E-state index contributed by atoms with van der Waals surface area (Å²) in [7, 11) is 0. The Morgan fingerprint density at radius 3 is 3.10 bits per heavy atom. The van der Waals surface area contributed by atoms with Gasteiger partial charge in [-0.15, -0.1) is 0 Å². The van der Waals surface area contributed by atoms with Gasteiger partial charge >= 0.3 is 0 Å². The summed E-state index contributed by atoms with van der Waals surface area (Å²) < 4.78 is 1.95. The van der Waals surface area contributed by atoms with Crippen LogP contribution < -0.4 is 0 Å². The van der Waals surface area contributed by atoms with E-state index in [-0.39, 0.29) is 5.69 Å². The van der Waals surface area contributed by atoms with Crippen molar-refractivity contribution >= 4 is 24.1 Å². The Bertz CT molecular complexity index is 719. The lowest BCUT2D eigenvalue weighted by molar-refractivity contribution is -0.384. The van der Waals surface area contributed by atoms with Gasteiger partial charge in [-0.05, 0) is 18.6 Å². The van der Waals surface area contributed by atoms with E-state index in [2.05, 4.69) is 22.2 Å². The van der Waals surface area contributed by atoms with Crippen molar-refractivity contribution in [3.63, 3.8) is 0 Å². The first-order valence-electron chi connectivity index (χ1n) is 6.57. The van der Waals surface area contributed by atoms with E-state index in [1.807, 2.05) is 0 Å². The second-order valence-corrected chi connectivity index (χ2v) is 4.84. The minimum atomic E-state index is -0.437. The number of hydrogen-bond donors (Lipinski definition) is 1. The zero-order valence-corrected chi connectivity index (χ0v) is 12.3. The molecule has 21 heavy (non-hydrogen) atoms. The number of nitro groups is 1. The van der Waals surface area contributed by atoms with Crippen molar-refractivity contribution in [2.45, 2.75) is 26.2 Å². The quantitative estimate of drug-likeness (QED) is 0.384. The van der Waals surface area contributed by atoms with Gasteiger partial charge in [-0.1, -0.05) is 25.5 Å². The molecule has 0 saturated carbocycles. The third-order valence-electron chi connectivity index (χ3n) is 2.87. The number of benzene rings is 1. The zero-order chi connectivity index (χ0) is 15.2. The molecular weight excluding hydrogens is 290 g/mol. The van der Waals surface area contributed by atoms with Crippen LogP contribution in [0.5, 0.6) is 0 Å². The molecule has 0 radical (unpaired) electrons. The van der Waals surface area contributed by atoms with Crippen LogP contribution in [-0.4, -0.2) is 26.0 Å². The minimum absolute atomic E-state index is 0.0287. The molecule has 0 spiro atoms. The molecule has 1 aromatic heterocycles. The Kier molecular flexibility index (Phi) is 4.94. The molecule has 0 fully saturated rings. The molecule has 1 aromatic carbocycles. The Morgan fingerprint density at radius 2 is 2.38 bits per heavy atom. The van der Waals surface area contributed by atoms with Gasteiger partial charge in [0.2, 0.25) is 4.77 Å². The predicted octanol–water partition coefficient (Wildman–Crippen LogP) is 3.07. The van der Waals surface area contributed by atoms with Gasteiger partial charge in [0.1, 0.15) is 0 Å². The maximum Gasteiger partial charge on any atom is 0.270 e. The molecule has 2 rings (SSSR count). The van der Waals surface area contributed by atoms with Crippen molar-refractivity contribution in [1.29, 1.82) is 0 Å². The molecule has 0 aliphatic carbocycles. The van der Waals surface area contributed by atoms with Gasteiger partial charge in [0, 0.05) is 24.1 Å².